The van der Waals surface area contributed by atoms with Crippen LogP contribution >= 0.6 is 0 Å². The minimum Gasteiger partial charge on any atom is -0.481 e. The summed E-state index contributed by atoms with van der Waals surface area (Å²) in [5.41, 5.74) is 0.335. The lowest BCUT2D eigenvalue weighted by molar-refractivity contribution is -0.150. The zero-order valence-corrected chi connectivity index (χ0v) is 12.8. The lowest BCUT2D eigenvalue weighted by Gasteiger charge is -2.27. The summed E-state index contributed by atoms with van der Waals surface area (Å²) < 4.78 is 38.5. The fourth-order valence-electron chi connectivity index (χ4n) is 2.82. The Balaban J connectivity index is 2.17. The van der Waals surface area contributed by atoms with Crippen molar-refractivity contribution in [2.24, 2.45) is 11.8 Å². The molecule has 1 aliphatic carbocycles. The number of halogens is 3. The van der Waals surface area contributed by atoms with E-state index in [2.05, 4.69) is 5.32 Å². The summed E-state index contributed by atoms with van der Waals surface area (Å²) in [5, 5.41) is 11.6. The Morgan fingerprint density at radius 3 is 2.25 bits per heavy atom. The van der Waals surface area contributed by atoms with Crippen LogP contribution in [0, 0.1) is 11.8 Å². The molecule has 3 atom stereocenters. The molecule has 4 nitrogen and oxygen atoms in total. The maximum Gasteiger partial charge on any atom is 0.391 e. The number of hydrogen-bond donors (Lipinski definition) is 2. The standard InChI is InChI=1S/C17H18F3NO3/c18-17(19,20)10-14(11-6-2-1-3-7-11)21-15(22)12-8-4-5-9-13(12)16(23)24/h1-7,12-14H,8-10H2,(H,21,22)(H,23,24)/t12-,13+,14-/m0/s1. The Bertz CT molecular complexity index is 613. The van der Waals surface area contributed by atoms with E-state index in [9.17, 15) is 27.9 Å². The third-order valence-corrected chi connectivity index (χ3v) is 4.04. The monoisotopic (exact) mass is 341 g/mol. The largest absolute Gasteiger partial charge is 0.481 e. The van der Waals surface area contributed by atoms with E-state index in [1.54, 1.807) is 30.4 Å². The highest BCUT2D eigenvalue weighted by Crippen LogP contribution is 2.31. The molecule has 1 aromatic carbocycles. The topological polar surface area (TPSA) is 66.4 Å². The number of alkyl halides is 3. The maximum atomic E-state index is 12.8. The van der Waals surface area contributed by atoms with Gasteiger partial charge in [0.25, 0.3) is 0 Å². The van der Waals surface area contributed by atoms with Gasteiger partial charge in [-0.3, -0.25) is 9.59 Å². The molecule has 0 saturated heterocycles. The number of hydrogen-bond acceptors (Lipinski definition) is 2. The van der Waals surface area contributed by atoms with E-state index in [0.717, 1.165) is 0 Å². The third-order valence-electron chi connectivity index (χ3n) is 4.04. The summed E-state index contributed by atoms with van der Waals surface area (Å²) in [7, 11) is 0. The first-order chi connectivity index (χ1) is 11.3. The summed E-state index contributed by atoms with van der Waals surface area (Å²) in [6.07, 6.45) is -1.90. The Kier molecular flexibility index (Phi) is 5.64. The van der Waals surface area contributed by atoms with Crippen LogP contribution in [0.25, 0.3) is 0 Å². The summed E-state index contributed by atoms with van der Waals surface area (Å²) in [6, 6.07) is 6.63. The van der Waals surface area contributed by atoms with Crippen molar-refractivity contribution in [2.45, 2.75) is 31.5 Å². The molecule has 0 fully saturated rings. The molecule has 0 aliphatic heterocycles. The smallest absolute Gasteiger partial charge is 0.391 e. The van der Waals surface area contributed by atoms with Gasteiger partial charge in [0.15, 0.2) is 0 Å². The average Bonchev–Trinajstić information content (AvgIpc) is 2.53. The number of aliphatic carboxylic acids is 1. The lowest BCUT2D eigenvalue weighted by Crippen LogP contribution is -2.41. The Morgan fingerprint density at radius 1 is 1.12 bits per heavy atom. The SMILES string of the molecule is O=C(N[C@@H](CC(F)(F)F)c1ccccc1)[C@H]1CC=CC[C@H]1C(=O)O. The van der Waals surface area contributed by atoms with Crippen LogP contribution in [0.2, 0.25) is 0 Å². The third kappa shape index (κ3) is 4.84. The van der Waals surface area contributed by atoms with E-state index < -0.39 is 42.4 Å². The minimum absolute atomic E-state index is 0.197. The molecule has 0 bridgehead atoms. The molecule has 7 heteroatoms. The van der Waals surface area contributed by atoms with Crippen LogP contribution in [0.1, 0.15) is 30.9 Å². The zero-order chi connectivity index (χ0) is 17.7. The van der Waals surface area contributed by atoms with Crippen LogP contribution in [-0.4, -0.2) is 23.2 Å². The molecule has 2 rings (SSSR count). The van der Waals surface area contributed by atoms with E-state index in [1.807, 2.05) is 0 Å². The summed E-state index contributed by atoms with van der Waals surface area (Å²) >= 11 is 0. The number of rotatable bonds is 5. The van der Waals surface area contributed by atoms with Crippen molar-refractivity contribution >= 4 is 11.9 Å². The molecule has 130 valence electrons. The molecule has 0 saturated carbocycles. The first-order valence-electron chi connectivity index (χ1n) is 7.58. The fourth-order valence-corrected chi connectivity index (χ4v) is 2.82. The van der Waals surface area contributed by atoms with Crippen molar-refractivity contribution in [3.63, 3.8) is 0 Å². The number of carboxylic acid groups (broad SMARTS) is 1. The highest BCUT2D eigenvalue weighted by molar-refractivity contribution is 5.85. The van der Waals surface area contributed by atoms with Crippen molar-refractivity contribution in [3.8, 4) is 0 Å². The second kappa shape index (κ2) is 7.51. The predicted octanol–water partition coefficient (Wildman–Crippen LogP) is 3.46. The van der Waals surface area contributed by atoms with Gasteiger partial charge in [0, 0.05) is 0 Å². The summed E-state index contributed by atoms with van der Waals surface area (Å²) in [5.74, 6) is -3.57. The molecular weight excluding hydrogens is 323 g/mol. The van der Waals surface area contributed by atoms with Crippen LogP contribution in [0.4, 0.5) is 13.2 Å². The highest BCUT2D eigenvalue weighted by Gasteiger charge is 2.38. The van der Waals surface area contributed by atoms with Crippen LogP contribution < -0.4 is 5.32 Å². The molecule has 0 spiro atoms. The second-order valence-corrected chi connectivity index (χ2v) is 5.79. The first-order valence-corrected chi connectivity index (χ1v) is 7.58. The molecule has 2 N–H and O–H groups in total. The Labute approximate surface area is 137 Å². The van der Waals surface area contributed by atoms with Gasteiger partial charge in [-0.05, 0) is 18.4 Å². The number of nitrogens with one attached hydrogen (secondary N) is 1. The molecular formula is C17H18F3NO3. The molecule has 0 heterocycles. The van der Waals surface area contributed by atoms with E-state index in [0.29, 0.717) is 5.56 Å². The number of carboxylic acids is 1. The molecule has 0 aromatic heterocycles. The maximum absolute atomic E-state index is 12.8. The lowest BCUT2D eigenvalue weighted by atomic mass is 9.82. The van der Waals surface area contributed by atoms with Crippen molar-refractivity contribution in [3.05, 3.63) is 48.0 Å². The van der Waals surface area contributed by atoms with Gasteiger partial charge in [0.1, 0.15) is 0 Å². The van der Waals surface area contributed by atoms with E-state index in [1.165, 1.54) is 12.1 Å². The van der Waals surface area contributed by atoms with E-state index >= 15 is 0 Å². The Hall–Kier alpha value is -2.31. The van der Waals surface area contributed by atoms with Gasteiger partial charge in [0.2, 0.25) is 5.91 Å². The molecule has 1 aliphatic rings. The minimum atomic E-state index is -4.45. The van der Waals surface area contributed by atoms with Crippen molar-refractivity contribution in [1.29, 1.82) is 0 Å². The molecule has 1 aromatic rings. The van der Waals surface area contributed by atoms with E-state index in [-0.39, 0.29) is 12.8 Å². The van der Waals surface area contributed by atoms with Crippen LogP contribution in [-0.2, 0) is 9.59 Å². The van der Waals surface area contributed by atoms with Crippen molar-refractivity contribution in [2.75, 3.05) is 0 Å². The van der Waals surface area contributed by atoms with Crippen LogP contribution in [0.15, 0.2) is 42.5 Å². The van der Waals surface area contributed by atoms with Gasteiger partial charge < -0.3 is 10.4 Å². The molecule has 0 radical (unpaired) electrons. The number of benzene rings is 1. The van der Waals surface area contributed by atoms with E-state index in [4.69, 9.17) is 0 Å². The number of carbonyl (C=O) groups excluding carboxylic acids is 1. The number of amides is 1. The normalized spacial score (nSPS) is 22.0. The predicted molar refractivity (Wildman–Crippen MR) is 81.0 cm³/mol. The first kappa shape index (κ1) is 18.0. The second-order valence-electron chi connectivity index (χ2n) is 5.79. The number of carbonyl (C=O) groups is 2. The zero-order valence-electron chi connectivity index (χ0n) is 12.8. The van der Waals surface area contributed by atoms with Crippen LogP contribution in [0.3, 0.4) is 0 Å². The van der Waals surface area contributed by atoms with Crippen LogP contribution in [0.5, 0.6) is 0 Å². The quantitative estimate of drug-likeness (QED) is 0.806. The van der Waals surface area contributed by atoms with Gasteiger partial charge in [-0.1, -0.05) is 42.5 Å². The molecule has 0 unspecified atom stereocenters. The summed E-state index contributed by atoms with van der Waals surface area (Å²) in [4.78, 5) is 23.7. The van der Waals surface area contributed by atoms with Gasteiger partial charge in [-0.15, -0.1) is 0 Å². The Morgan fingerprint density at radius 2 is 1.71 bits per heavy atom. The van der Waals surface area contributed by atoms with Gasteiger partial charge in [-0.2, -0.15) is 13.2 Å². The van der Waals surface area contributed by atoms with Crippen molar-refractivity contribution in [1.82, 2.24) is 5.32 Å². The van der Waals surface area contributed by atoms with Crippen molar-refractivity contribution < 1.29 is 27.9 Å². The highest BCUT2D eigenvalue weighted by atomic mass is 19.4. The van der Waals surface area contributed by atoms with Gasteiger partial charge >= 0.3 is 12.1 Å². The summed E-state index contributed by atoms with van der Waals surface area (Å²) in [6.45, 7) is 0. The number of allylic oxidation sites excluding steroid dienone is 2. The molecule has 24 heavy (non-hydrogen) atoms. The van der Waals surface area contributed by atoms with Gasteiger partial charge in [0.05, 0.1) is 24.3 Å². The fraction of sp³-hybridized carbons (Fsp3) is 0.412. The molecule has 1 amide bonds. The average molecular weight is 341 g/mol. The van der Waals surface area contributed by atoms with Gasteiger partial charge in [-0.25, -0.2) is 0 Å².